The number of para-hydroxylation sites is 1. The normalized spacial score (nSPS) is 11.0. The second kappa shape index (κ2) is 8.31. The molecule has 2 N–H and O–H groups in total. The van der Waals surface area contributed by atoms with E-state index in [1.54, 1.807) is 0 Å². The molecule has 7 heteroatoms. The summed E-state index contributed by atoms with van der Waals surface area (Å²) in [5, 5.41) is 13.5. The number of carbonyl (C=O) groups excluding carboxylic acids is 1. The Labute approximate surface area is 167 Å². The van der Waals surface area contributed by atoms with Crippen LogP contribution in [0.4, 0.5) is 0 Å². The maximum atomic E-state index is 12.2. The topological polar surface area (TPSA) is 75.6 Å². The Morgan fingerprint density at radius 2 is 1.89 bits per heavy atom. The Morgan fingerprint density at radius 1 is 1.11 bits per heavy atom. The first-order valence-electron chi connectivity index (χ1n) is 9.11. The van der Waals surface area contributed by atoms with Gasteiger partial charge in [-0.05, 0) is 11.6 Å². The maximum Gasteiger partial charge on any atom is 0.221 e. The lowest BCUT2D eigenvalue weighted by atomic mass is 10.2. The standard InChI is InChI=1S/C21H21N5OS/c1-26-20(15-7-3-2-4-8-15)24-25-21(26)28-12-11-19(27)23-14-16-13-22-18-10-6-5-9-17(16)18/h2-10,13,22H,11-12,14H2,1H3,(H,23,27). The molecule has 4 rings (SSSR count). The number of aromatic nitrogens is 4. The number of benzene rings is 2. The van der Waals surface area contributed by atoms with Crippen molar-refractivity contribution in [2.45, 2.75) is 18.1 Å². The number of nitrogens with one attached hydrogen (secondary N) is 2. The van der Waals surface area contributed by atoms with Gasteiger partial charge in [-0.1, -0.05) is 60.3 Å². The van der Waals surface area contributed by atoms with Crippen molar-refractivity contribution in [3.8, 4) is 11.4 Å². The minimum Gasteiger partial charge on any atom is -0.361 e. The van der Waals surface area contributed by atoms with E-state index in [4.69, 9.17) is 0 Å². The predicted molar refractivity (Wildman–Crippen MR) is 112 cm³/mol. The van der Waals surface area contributed by atoms with Crippen LogP contribution in [-0.4, -0.2) is 31.4 Å². The van der Waals surface area contributed by atoms with Gasteiger partial charge < -0.3 is 14.9 Å². The van der Waals surface area contributed by atoms with Crippen LogP contribution in [0.15, 0.2) is 66.0 Å². The summed E-state index contributed by atoms with van der Waals surface area (Å²) in [4.78, 5) is 15.4. The van der Waals surface area contributed by atoms with Crippen molar-refractivity contribution >= 4 is 28.6 Å². The van der Waals surface area contributed by atoms with Crippen molar-refractivity contribution in [3.63, 3.8) is 0 Å². The molecule has 1 amide bonds. The van der Waals surface area contributed by atoms with Crippen molar-refractivity contribution in [1.29, 1.82) is 0 Å². The summed E-state index contributed by atoms with van der Waals surface area (Å²) in [5.41, 5.74) is 3.21. The highest BCUT2D eigenvalue weighted by atomic mass is 32.2. The van der Waals surface area contributed by atoms with Crippen LogP contribution in [-0.2, 0) is 18.4 Å². The van der Waals surface area contributed by atoms with Crippen LogP contribution in [0.25, 0.3) is 22.3 Å². The first kappa shape index (κ1) is 18.3. The molecule has 0 spiro atoms. The minimum absolute atomic E-state index is 0.0308. The third kappa shape index (κ3) is 3.94. The lowest BCUT2D eigenvalue weighted by Gasteiger charge is -2.05. The Bertz CT molecular complexity index is 1090. The van der Waals surface area contributed by atoms with Crippen molar-refractivity contribution < 1.29 is 4.79 Å². The SMILES string of the molecule is Cn1c(SCCC(=O)NCc2c[nH]c3ccccc23)nnc1-c1ccccc1. The van der Waals surface area contributed by atoms with Crippen molar-refractivity contribution in [3.05, 3.63) is 66.4 Å². The van der Waals surface area contributed by atoms with Crippen LogP contribution in [0, 0.1) is 0 Å². The summed E-state index contributed by atoms with van der Waals surface area (Å²) in [6.07, 6.45) is 2.38. The second-order valence-electron chi connectivity index (χ2n) is 6.47. The largest absolute Gasteiger partial charge is 0.361 e. The van der Waals surface area contributed by atoms with Gasteiger partial charge in [0.2, 0.25) is 5.91 Å². The van der Waals surface area contributed by atoms with Gasteiger partial charge in [0.05, 0.1) is 0 Å². The van der Waals surface area contributed by atoms with E-state index in [-0.39, 0.29) is 5.91 Å². The van der Waals surface area contributed by atoms with E-state index in [1.165, 1.54) is 11.8 Å². The fraction of sp³-hybridized carbons (Fsp3) is 0.190. The van der Waals surface area contributed by atoms with Gasteiger partial charge in [-0.2, -0.15) is 0 Å². The molecule has 0 radical (unpaired) electrons. The van der Waals surface area contributed by atoms with Crippen molar-refractivity contribution in [2.24, 2.45) is 7.05 Å². The van der Waals surface area contributed by atoms with Gasteiger partial charge in [0.25, 0.3) is 0 Å². The molecule has 142 valence electrons. The van der Waals surface area contributed by atoms with Crippen LogP contribution < -0.4 is 5.32 Å². The highest BCUT2D eigenvalue weighted by Gasteiger charge is 2.12. The Morgan fingerprint density at radius 3 is 2.75 bits per heavy atom. The highest BCUT2D eigenvalue weighted by Crippen LogP contribution is 2.23. The summed E-state index contributed by atoms with van der Waals surface area (Å²) in [5.74, 6) is 1.51. The van der Waals surface area contributed by atoms with Crippen LogP contribution >= 0.6 is 11.8 Å². The van der Waals surface area contributed by atoms with E-state index in [1.807, 2.05) is 66.3 Å². The fourth-order valence-corrected chi connectivity index (χ4v) is 3.92. The van der Waals surface area contributed by atoms with Gasteiger partial charge >= 0.3 is 0 Å². The molecule has 0 aliphatic carbocycles. The molecule has 2 aromatic carbocycles. The van der Waals surface area contributed by atoms with E-state index < -0.39 is 0 Å². The average Bonchev–Trinajstić information content (AvgIpc) is 3.31. The zero-order chi connectivity index (χ0) is 19.3. The smallest absolute Gasteiger partial charge is 0.221 e. The molecular weight excluding hydrogens is 370 g/mol. The first-order chi connectivity index (χ1) is 13.7. The monoisotopic (exact) mass is 391 g/mol. The molecule has 0 fully saturated rings. The number of carbonyl (C=O) groups is 1. The molecule has 0 bridgehead atoms. The van der Waals surface area contributed by atoms with Gasteiger partial charge in [0.15, 0.2) is 11.0 Å². The summed E-state index contributed by atoms with van der Waals surface area (Å²) < 4.78 is 1.96. The molecule has 0 aliphatic heterocycles. The lowest BCUT2D eigenvalue weighted by Crippen LogP contribution is -2.22. The average molecular weight is 392 g/mol. The van der Waals surface area contributed by atoms with E-state index in [0.29, 0.717) is 18.7 Å². The number of rotatable bonds is 7. The predicted octanol–water partition coefficient (Wildman–Crippen LogP) is 3.76. The third-order valence-electron chi connectivity index (χ3n) is 4.58. The molecule has 0 saturated heterocycles. The van der Waals surface area contributed by atoms with E-state index in [0.717, 1.165) is 33.0 Å². The number of hydrogen-bond acceptors (Lipinski definition) is 4. The molecule has 0 saturated carbocycles. The molecule has 6 nitrogen and oxygen atoms in total. The number of aromatic amines is 1. The summed E-state index contributed by atoms with van der Waals surface area (Å²) >= 11 is 1.54. The van der Waals surface area contributed by atoms with Crippen molar-refractivity contribution in [1.82, 2.24) is 25.1 Å². The molecular formula is C21H21N5OS. The van der Waals surface area contributed by atoms with Gasteiger partial charge in [-0.15, -0.1) is 10.2 Å². The Kier molecular flexibility index (Phi) is 5.43. The molecule has 0 unspecified atom stereocenters. The molecule has 4 aromatic rings. The van der Waals surface area contributed by atoms with E-state index in [9.17, 15) is 4.79 Å². The maximum absolute atomic E-state index is 12.2. The van der Waals surface area contributed by atoms with Crippen LogP contribution in [0.1, 0.15) is 12.0 Å². The second-order valence-corrected chi connectivity index (χ2v) is 7.53. The number of hydrogen-bond donors (Lipinski definition) is 2. The van der Waals surface area contributed by atoms with Crippen LogP contribution in [0.3, 0.4) is 0 Å². The third-order valence-corrected chi connectivity index (χ3v) is 5.60. The van der Waals surface area contributed by atoms with Gasteiger partial charge in [0, 0.05) is 48.4 Å². The van der Waals surface area contributed by atoms with Gasteiger partial charge in [0.1, 0.15) is 0 Å². The van der Waals surface area contributed by atoms with E-state index >= 15 is 0 Å². The van der Waals surface area contributed by atoms with Crippen molar-refractivity contribution in [2.75, 3.05) is 5.75 Å². The Balaban J connectivity index is 1.28. The number of amides is 1. The zero-order valence-corrected chi connectivity index (χ0v) is 16.4. The summed E-state index contributed by atoms with van der Waals surface area (Å²) in [6.45, 7) is 0.523. The van der Waals surface area contributed by atoms with Crippen LogP contribution in [0.5, 0.6) is 0 Å². The van der Waals surface area contributed by atoms with E-state index in [2.05, 4.69) is 26.6 Å². The summed E-state index contributed by atoms with van der Waals surface area (Å²) in [6, 6.07) is 18.0. The minimum atomic E-state index is 0.0308. The molecule has 0 aliphatic rings. The number of nitrogens with zero attached hydrogens (tertiary/aromatic N) is 3. The number of fused-ring (bicyclic) bond motifs is 1. The molecule has 28 heavy (non-hydrogen) atoms. The highest BCUT2D eigenvalue weighted by molar-refractivity contribution is 7.99. The number of thioether (sulfide) groups is 1. The van der Waals surface area contributed by atoms with Gasteiger partial charge in [-0.25, -0.2) is 0 Å². The lowest BCUT2D eigenvalue weighted by molar-refractivity contribution is -0.120. The Hall–Kier alpha value is -3.06. The van der Waals surface area contributed by atoms with Gasteiger partial charge in [-0.3, -0.25) is 4.79 Å². The quantitative estimate of drug-likeness (QED) is 0.470. The van der Waals surface area contributed by atoms with Crippen LogP contribution in [0.2, 0.25) is 0 Å². The number of H-pyrrole nitrogens is 1. The fourth-order valence-electron chi connectivity index (χ4n) is 3.07. The molecule has 0 atom stereocenters. The summed E-state index contributed by atoms with van der Waals surface area (Å²) in [7, 11) is 1.95. The zero-order valence-electron chi connectivity index (χ0n) is 15.6. The molecule has 2 heterocycles. The molecule has 2 aromatic heterocycles. The first-order valence-corrected chi connectivity index (χ1v) is 10.1.